The average Bonchev–Trinajstić information content (AvgIpc) is 3.43. The van der Waals surface area contributed by atoms with Crippen LogP contribution in [0.5, 0.6) is 0 Å². The van der Waals surface area contributed by atoms with E-state index in [-0.39, 0.29) is 5.91 Å². The summed E-state index contributed by atoms with van der Waals surface area (Å²) in [5.41, 5.74) is 4.54. The first-order valence-electron chi connectivity index (χ1n) is 10.0. The van der Waals surface area contributed by atoms with Crippen molar-refractivity contribution in [3.05, 3.63) is 65.0 Å². The number of amides is 1. The smallest absolute Gasteiger partial charge is 0.255 e. The summed E-state index contributed by atoms with van der Waals surface area (Å²) in [7, 11) is 4.05. The highest BCUT2D eigenvalue weighted by atomic mass is 16.2. The Kier molecular flexibility index (Phi) is 5.00. The molecule has 0 unspecified atom stereocenters. The molecule has 0 aliphatic heterocycles. The zero-order chi connectivity index (χ0) is 19.0. The lowest BCUT2D eigenvalue weighted by atomic mass is 9.73. The molecule has 27 heavy (non-hydrogen) atoms. The van der Waals surface area contributed by atoms with Gasteiger partial charge in [-0.1, -0.05) is 24.3 Å². The van der Waals surface area contributed by atoms with Crippen molar-refractivity contribution >= 4 is 5.91 Å². The molecule has 1 aromatic carbocycles. The molecule has 1 heterocycles. The quantitative estimate of drug-likeness (QED) is 0.778. The Morgan fingerprint density at radius 1 is 1.07 bits per heavy atom. The van der Waals surface area contributed by atoms with Gasteiger partial charge in [-0.2, -0.15) is 0 Å². The number of benzene rings is 1. The van der Waals surface area contributed by atoms with Gasteiger partial charge in [0.15, 0.2) is 0 Å². The number of hydrogen-bond acceptors (Lipinski definition) is 3. The summed E-state index contributed by atoms with van der Waals surface area (Å²) in [6, 6.07) is 13.4. The van der Waals surface area contributed by atoms with Crippen LogP contribution in [0.3, 0.4) is 0 Å². The van der Waals surface area contributed by atoms with Gasteiger partial charge in [-0.05, 0) is 75.9 Å². The third kappa shape index (κ3) is 3.91. The predicted octanol–water partition coefficient (Wildman–Crippen LogP) is 4.00. The fourth-order valence-corrected chi connectivity index (χ4v) is 4.21. The van der Waals surface area contributed by atoms with Crippen molar-refractivity contribution in [3.8, 4) is 0 Å². The van der Waals surface area contributed by atoms with Crippen LogP contribution in [-0.2, 0) is 6.54 Å². The van der Waals surface area contributed by atoms with Crippen molar-refractivity contribution in [1.29, 1.82) is 0 Å². The number of nitrogens with zero attached hydrogens (tertiary/aromatic N) is 3. The fraction of sp³-hybridized carbons (Fsp3) is 0.478. The molecule has 2 saturated carbocycles. The number of rotatable bonds is 6. The van der Waals surface area contributed by atoms with E-state index in [4.69, 9.17) is 0 Å². The van der Waals surface area contributed by atoms with E-state index in [0.717, 1.165) is 43.5 Å². The van der Waals surface area contributed by atoms with Crippen molar-refractivity contribution in [2.45, 2.75) is 57.2 Å². The number of aromatic nitrogens is 1. The Morgan fingerprint density at radius 2 is 1.81 bits per heavy atom. The molecule has 2 aromatic rings. The van der Waals surface area contributed by atoms with Gasteiger partial charge in [-0.25, -0.2) is 0 Å². The number of carbonyl (C=O) groups is 1. The zero-order valence-electron chi connectivity index (χ0n) is 16.6. The van der Waals surface area contributed by atoms with Crippen LogP contribution in [0.25, 0.3) is 0 Å². The summed E-state index contributed by atoms with van der Waals surface area (Å²) in [5.74, 6) is 0.750. The third-order valence-corrected chi connectivity index (χ3v) is 5.86. The van der Waals surface area contributed by atoms with Gasteiger partial charge < -0.3 is 9.80 Å². The van der Waals surface area contributed by atoms with E-state index in [1.54, 1.807) is 6.20 Å². The Morgan fingerprint density at radius 3 is 2.41 bits per heavy atom. The predicted molar refractivity (Wildman–Crippen MR) is 108 cm³/mol. The maximum Gasteiger partial charge on any atom is 0.255 e. The lowest BCUT2D eigenvalue weighted by Crippen LogP contribution is -2.48. The van der Waals surface area contributed by atoms with Gasteiger partial charge in [-0.15, -0.1) is 0 Å². The molecule has 4 nitrogen and oxygen atoms in total. The van der Waals surface area contributed by atoms with E-state index in [2.05, 4.69) is 46.0 Å². The van der Waals surface area contributed by atoms with Gasteiger partial charge >= 0.3 is 0 Å². The maximum absolute atomic E-state index is 13.2. The molecule has 142 valence electrons. The molecule has 2 aliphatic rings. The first-order valence-corrected chi connectivity index (χ1v) is 10.0. The lowest BCUT2D eigenvalue weighted by molar-refractivity contribution is 0.0516. The molecule has 2 fully saturated rings. The molecular formula is C23H29N3O. The van der Waals surface area contributed by atoms with Crippen molar-refractivity contribution in [2.24, 2.45) is 0 Å². The minimum absolute atomic E-state index is 0.162. The third-order valence-electron chi connectivity index (χ3n) is 5.86. The molecule has 4 heteroatoms. The van der Waals surface area contributed by atoms with Crippen LogP contribution in [0.2, 0.25) is 0 Å². The van der Waals surface area contributed by atoms with Crippen LogP contribution in [0, 0.1) is 6.92 Å². The van der Waals surface area contributed by atoms with Crippen molar-refractivity contribution in [1.82, 2.24) is 14.8 Å². The number of hydrogen-bond donors (Lipinski definition) is 0. The highest BCUT2D eigenvalue weighted by Crippen LogP contribution is 2.44. The van der Waals surface area contributed by atoms with Gasteiger partial charge in [0, 0.05) is 24.8 Å². The Bertz CT molecular complexity index is 805. The Balaban J connectivity index is 1.44. The molecule has 4 rings (SSSR count). The molecule has 0 atom stereocenters. The van der Waals surface area contributed by atoms with Crippen LogP contribution in [0.1, 0.15) is 58.8 Å². The summed E-state index contributed by atoms with van der Waals surface area (Å²) in [6.07, 6.45) is 6.21. The first kappa shape index (κ1) is 18.2. The molecule has 0 N–H and O–H groups in total. The molecule has 1 amide bonds. The SMILES string of the molecule is Cc1ccccc1C1CC(N(C(=O)c2ccc(CN(C)C)nc2)C2CC2)C1. The second-order valence-corrected chi connectivity index (χ2v) is 8.40. The minimum atomic E-state index is 0.162. The van der Waals surface area contributed by atoms with Gasteiger partial charge in [0.05, 0.1) is 11.3 Å². The van der Waals surface area contributed by atoms with Crippen LogP contribution >= 0.6 is 0 Å². The van der Waals surface area contributed by atoms with E-state index in [0.29, 0.717) is 18.0 Å². The fourth-order valence-electron chi connectivity index (χ4n) is 4.21. The van der Waals surface area contributed by atoms with E-state index in [1.807, 2.05) is 26.2 Å². The molecule has 2 aliphatic carbocycles. The van der Waals surface area contributed by atoms with Crippen LogP contribution in [0.4, 0.5) is 0 Å². The summed E-state index contributed by atoms with van der Waals surface area (Å²) in [6.45, 7) is 2.98. The standard InChI is InChI=1S/C23H29N3O/c1-16-6-4-5-7-22(16)18-12-21(13-18)26(20-10-11-20)23(27)17-8-9-19(24-14-17)15-25(2)3/h4-9,14,18,20-21H,10-13,15H2,1-3H3. The molecular weight excluding hydrogens is 334 g/mol. The van der Waals surface area contributed by atoms with Crippen molar-refractivity contribution in [3.63, 3.8) is 0 Å². The van der Waals surface area contributed by atoms with E-state index in [1.165, 1.54) is 11.1 Å². The summed E-state index contributed by atoms with van der Waals surface area (Å²) < 4.78 is 0. The molecule has 1 aromatic heterocycles. The van der Waals surface area contributed by atoms with Gasteiger partial charge in [0.2, 0.25) is 0 Å². The van der Waals surface area contributed by atoms with Gasteiger partial charge in [-0.3, -0.25) is 9.78 Å². The maximum atomic E-state index is 13.2. The van der Waals surface area contributed by atoms with Crippen molar-refractivity contribution in [2.75, 3.05) is 14.1 Å². The number of pyridine rings is 1. The average molecular weight is 364 g/mol. The molecule has 0 saturated heterocycles. The van der Waals surface area contributed by atoms with Crippen molar-refractivity contribution < 1.29 is 4.79 Å². The number of aryl methyl sites for hydroxylation is 1. The highest BCUT2D eigenvalue weighted by molar-refractivity contribution is 5.94. The molecule has 0 spiro atoms. The number of carbonyl (C=O) groups excluding carboxylic acids is 1. The largest absolute Gasteiger partial charge is 0.333 e. The second-order valence-electron chi connectivity index (χ2n) is 8.40. The molecule has 0 radical (unpaired) electrons. The van der Waals surface area contributed by atoms with Crippen LogP contribution in [0.15, 0.2) is 42.6 Å². The summed E-state index contributed by atoms with van der Waals surface area (Å²) >= 11 is 0. The lowest BCUT2D eigenvalue weighted by Gasteiger charge is -2.44. The highest BCUT2D eigenvalue weighted by Gasteiger charge is 2.44. The van der Waals surface area contributed by atoms with E-state index >= 15 is 0 Å². The monoisotopic (exact) mass is 363 g/mol. The van der Waals surface area contributed by atoms with E-state index < -0.39 is 0 Å². The van der Waals surface area contributed by atoms with Crippen LogP contribution < -0.4 is 0 Å². The minimum Gasteiger partial charge on any atom is -0.333 e. The Labute approximate surface area is 162 Å². The van der Waals surface area contributed by atoms with Crippen LogP contribution in [-0.4, -0.2) is 46.9 Å². The summed E-state index contributed by atoms with van der Waals surface area (Å²) in [4.78, 5) is 21.9. The Hall–Kier alpha value is -2.20. The first-order chi connectivity index (χ1) is 13.0. The zero-order valence-corrected chi connectivity index (χ0v) is 16.6. The second kappa shape index (κ2) is 7.43. The normalized spacial score (nSPS) is 21.8. The summed E-state index contributed by atoms with van der Waals surface area (Å²) in [5, 5.41) is 0. The van der Waals surface area contributed by atoms with E-state index in [9.17, 15) is 4.79 Å². The van der Waals surface area contributed by atoms with Gasteiger partial charge in [0.1, 0.15) is 0 Å². The van der Waals surface area contributed by atoms with Gasteiger partial charge in [0.25, 0.3) is 5.91 Å². The molecule has 0 bridgehead atoms. The topological polar surface area (TPSA) is 36.4 Å².